The molecule has 0 radical (unpaired) electrons. The maximum atomic E-state index is 12.7. The fourth-order valence-corrected chi connectivity index (χ4v) is 5.05. The van der Waals surface area contributed by atoms with Crippen molar-refractivity contribution in [2.24, 2.45) is 0 Å². The van der Waals surface area contributed by atoms with Crippen LogP contribution in [0.15, 0.2) is 30.3 Å². The van der Waals surface area contributed by atoms with Crippen LogP contribution in [0.5, 0.6) is 0 Å². The van der Waals surface area contributed by atoms with Crippen LogP contribution in [0.2, 0.25) is 0 Å². The van der Waals surface area contributed by atoms with Crippen molar-refractivity contribution in [3.63, 3.8) is 0 Å². The Morgan fingerprint density at radius 3 is 2.63 bits per heavy atom. The monoisotopic (exact) mass is 412 g/mol. The molecule has 1 atom stereocenters. The van der Waals surface area contributed by atoms with Crippen molar-refractivity contribution in [3.8, 4) is 0 Å². The molecule has 162 valence electrons. The van der Waals surface area contributed by atoms with Crippen LogP contribution >= 0.6 is 0 Å². The van der Waals surface area contributed by atoms with E-state index < -0.39 is 5.54 Å². The summed E-state index contributed by atoms with van der Waals surface area (Å²) >= 11 is 0. The molecule has 0 aromatic heterocycles. The average Bonchev–Trinajstić information content (AvgIpc) is 3.31. The summed E-state index contributed by atoms with van der Waals surface area (Å²) in [7, 11) is 0. The van der Waals surface area contributed by atoms with Gasteiger partial charge in [0.1, 0.15) is 5.54 Å². The third kappa shape index (κ3) is 4.51. The highest BCUT2D eigenvalue weighted by atomic mass is 16.2. The zero-order valence-electron chi connectivity index (χ0n) is 17.6. The molecule has 0 bridgehead atoms. The molecule has 4 amide bonds. The Morgan fingerprint density at radius 2 is 1.87 bits per heavy atom. The molecule has 7 nitrogen and oxygen atoms in total. The summed E-state index contributed by atoms with van der Waals surface area (Å²) in [5.74, 6) is -0.257. The van der Waals surface area contributed by atoms with Gasteiger partial charge in [0.25, 0.3) is 5.91 Å². The topological polar surface area (TPSA) is 81.8 Å². The second-order valence-corrected chi connectivity index (χ2v) is 8.84. The molecule has 1 aromatic carbocycles. The summed E-state index contributed by atoms with van der Waals surface area (Å²) in [6.07, 6.45) is 6.92. The van der Waals surface area contributed by atoms with Gasteiger partial charge in [-0.05, 0) is 37.8 Å². The summed E-state index contributed by atoms with van der Waals surface area (Å²) in [6.45, 7) is 2.69. The molecule has 3 aliphatic rings. The molecular weight excluding hydrogens is 380 g/mol. The fraction of sp³-hybridized carbons (Fsp3) is 0.609. The SMILES string of the molecule is O=C(CCN1C(=O)NC2(CCCC2)C1=O)NCC1CCCCN1Cc1ccccc1. The molecule has 1 aromatic rings. The number of rotatable bonds is 7. The van der Waals surface area contributed by atoms with E-state index >= 15 is 0 Å². The van der Waals surface area contributed by atoms with Crippen LogP contribution in [0, 0.1) is 0 Å². The van der Waals surface area contributed by atoms with Crippen LogP contribution in [-0.2, 0) is 16.1 Å². The van der Waals surface area contributed by atoms with Crippen molar-refractivity contribution < 1.29 is 14.4 Å². The Labute approximate surface area is 178 Å². The normalized spacial score (nSPS) is 23.7. The van der Waals surface area contributed by atoms with Crippen molar-refractivity contribution in [3.05, 3.63) is 35.9 Å². The summed E-state index contributed by atoms with van der Waals surface area (Å²) < 4.78 is 0. The number of urea groups is 1. The number of likely N-dealkylation sites (tertiary alicyclic amines) is 1. The minimum atomic E-state index is -0.701. The van der Waals surface area contributed by atoms with Crippen molar-refractivity contribution in [1.29, 1.82) is 0 Å². The Kier molecular flexibility index (Phi) is 6.37. The first-order valence-corrected chi connectivity index (χ1v) is 11.3. The number of imide groups is 1. The molecule has 2 heterocycles. The number of carbonyl (C=O) groups excluding carboxylic acids is 3. The molecule has 2 saturated heterocycles. The van der Waals surface area contributed by atoms with E-state index in [1.54, 1.807) is 0 Å². The molecule has 1 spiro atoms. The molecule has 3 fully saturated rings. The molecule has 1 saturated carbocycles. The number of hydrogen-bond donors (Lipinski definition) is 2. The first kappa shape index (κ1) is 20.8. The van der Waals surface area contributed by atoms with Crippen molar-refractivity contribution >= 4 is 17.8 Å². The summed E-state index contributed by atoms with van der Waals surface area (Å²) in [4.78, 5) is 41.0. The molecule has 1 aliphatic carbocycles. The van der Waals surface area contributed by atoms with Crippen LogP contribution in [0.4, 0.5) is 4.79 Å². The average molecular weight is 413 g/mol. The van der Waals surface area contributed by atoms with Crippen LogP contribution in [-0.4, -0.2) is 58.9 Å². The zero-order chi connectivity index (χ0) is 21.0. The van der Waals surface area contributed by atoms with Crippen LogP contribution in [0.1, 0.15) is 56.9 Å². The van der Waals surface area contributed by atoms with Crippen molar-refractivity contribution in [1.82, 2.24) is 20.4 Å². The maximum Gasteiger partial charge on any atom is 0.325 e. The van der Waals surface area contributed by atoms with E-state index in [4.69, 9.17) is 0 Å². The smallest absolute Gasteiger partial charge is 0.325 e. The van der Waals surface area contributed by atoms with E-state index in [1.807, 2.05) is 6.07 Å². The predicted molar refractivity (Wildman–Crippen MR) is 114 cm³/mol. The lowest BCUT2D eigenvalue weighted by molar-refractivity contribution is -0.131. The molecule has 4 rings (SSSR count). The van der Waals surface area contributed by atoms with E-state index in [0.29, 0.717) is 25.4 Å². The molecule has 1 unspecified atom stereocenters. The predicted octanol–water partition coefficient (Wildman–Crippen LogP) is 2.41. The van der Waals surface area contributed by atoms with E-state index in [9.17, 15) is 14.4 Å². The van der Waals surface area contributed by atoms with E-state index in [0.717, 1.165) is 32.4 Å². The maximum absolute atomic E-state index is 12.7. The van der Waals surface area contributed by atoms with Gasteiger partial charge in [-0.2, -0.15) is 0 Å². The summed E-state index contributed by atoms with van der Waals surface area (Å²) in [5.41, 5.74) is 0.586. The largest absolute Gasteiger partial charge is 0.354 e. The third-order valence-corrected chi connectivity index (χ3v) is 6.78. The van der Waals surface area contributed by atoms with Crippen molar-refractivity contribution in [2.45, 2.75) is 69.5 Å². The van der Waals surface area contributed by atoms with Gasteiger partial charge in [0, 0.05) is 32.1 Å². The Morgan fingerprint density at radius 1 is 1.10 bits per heavy atom. The number of nitrogens with zero attached hydrogens (tertiary/aromatic N) is 2. The molecule has 30 heavy (non-hydrogen) atoms. The number of carbonyl (C=O) groups is 3. The van der Waals surface area contributed by atoms with Crippen LogP contribution in [0.25, 0.3) is 0 Å². The van der Waals surface area contributed by atoms with Gasteiger partial charge in [0.05, 0.1) is 0 Å². The van der Waals surface area contributed by atoms with Crippen molar-refractivity contribution in [2.75, 3.05) is 19.6 Å². The van der Waals surface area contributed by atoms with Crippen LogP contribution < -0.4 is 10.6 Å². The first-order chi connectivity index (χ1) is 14.6. The van der Waals surface area contributed by atoms with Gasteiger partial charge >= 0.3 is 6.03 Å². The van der Waals surface area contributed by atoms with Gasteiger partial charge in [-0.3, -0.25) is 19.4 Å². The highest BCUT2D eigenvalue weighted by Gasteiger charge is 2.52. The standard InChI is InChI=1S/C23H32N4O3/c28-20(11-15-27-21(29)23(25-22(27)30)12-5-6-13-23)24-16-19-10-4-7-14-26(19)17-18-8-2-1-3-9-18/h1-3,8-9,19H,4-7,10-17H2,(H,24,28)(H,25,30). The van der Waals surface area contributed by atoms with E-state index in [1.165, 1.54) is 23.3 Å². The van der Waals surface area contributed by atoms with Crippen LogP contribution in [0.3, 0.4) is 0 Å². The lowest BCUT2D eigenvalue weighted by Crippen LogP contribution is -2.46. The lowest BCUT2D eigenvalue weighted by atomic mass is 9.98. The van der Waals surface area contributed by atoms with Gasteiger partial charge in [0.2, 0.25) is 5.91 Å². The van der Waals surface area contributed by atoms with E-state index in [-0.39, 0.29) is 30.8 Å². The second-order valence-electron chi connectivity index (χ2n) is 8.84. The zero-order valence-corrected chi connectivity index (χ0v) is 17.6. The highest BCUT2D eigenvalue weighted by molar-refractivity contribution is 6.07. The molecule has 2 aliphatic heterocycles. The number of amides is 4. The number of nitrogens with one attached hydrogen (secondary N) is 2. The van der Waals surface area contributed by atoms with Gasteiger partial charge in [-0.15, -0.1) is 0 Å². The van der Waals surface area contributed by atoms with E-state index in [2.05, 4.69) is 39.8 Å². The Bertz CT molecular complexity index is 776. The van der Waals surface area contributed by atoms with Gasteiger partial charge < -0.3 is 10.6 Å². The summed E-state index contributed by atoms with van der Waals surface area (Å²) in [6, 6.07) is 10.4. The lowest BCUT2D eigenvalue weighted by Gasteiger charge is -2.36. The first-order valence-electron chi connectivity index (χ1n) is 11.3. The van der Waals surface area contributed by atoms with Gasteiger partial charge in [-0.25, -0.2) is 4.79 Å². The third-order valence-electron chi connectivity index (χ3n) is 6.78. The minimum Gasteiger partial charge on any atom is -0.354 e. The highest BCUT2D eigenvalue weighted by Crippen LogP contribution is 2.35. The molecular formula is C23H32N4O3. The minimum absolute atomic E-state index is 0.104. The number of benzene rings is 1. The second kappa shape index (κ2) is 9.16. The molecule has 2 N–H and O–H groups in total. The number of piperidine rings is 1. The Hall–Kier alpha value is -2.41. The van der Waals surface area contributed by atoms with Gasteiger partial charge in [0.15, 0.2) is 0 Å². The fourth-order valence-electron chi connectivity index (χ4n) is 5.05. The van der Waals surface area contributed by atoms with Gasteiger partial charge in [-0.1, -0.05) is 49.6 Å². The molecule has 7 heteroatoms. The quantitative estimate of drug-likeness (QED) is 0.674. The Balaban J connectivity index is 1.25. The summed E-state index contributed by atoms with van der Waals surface area (Å²) in [5, 5.41) is 5.90. The number of hydrogen-bond acceptors (Lipinski definition) is 4.